The van der Waals surface area contributed by atoms with E-state index in [0.717, 1.165) is 17.1 Å². The van der Waals surface area contributed by atoms with E-state index in [9.17, 15) is 0 Å². The van der Waals surface area contributed by atoms with Crippen LogP contribution in [-0.2, 0) is 6.42 Å². The van der Waals surface area contributed by atoms with Gasteiger partial charge < -0.3 is 5.73 Å². The highest BCUT2D eigenvalue weighted by Crippen LogP contribution is 2.26. The summed E-state index contributed by atoms with van der Waals surface area (Å²) in [6, 6.07) is 2.31. The molecule has 1 atom stereocenters. The molecule has 4 heteroatoms. The number of thiazole rings is 1. The number of rotatable bonds is 4. The van der Waals surface area contributed by atoms with E-state index in [2.05, 4.69) is 41.0 Å². The zero-order valence-electron chi connectivity index (χ0n) is 9.51. The van der Waals surface area contributed by atoms with Crippen LogP contribution in [0.2, 0.25) is 0 Å². The van der Waals surface area contributed by atoms with Gasteiger partial charge >= 0.3 is 0 Å². The molecule has 0 fully saturated rings. The first-order valence-corrected chi connectivity index (χ1v) is 7.21. The minimum Gasteiger partial charge on any atom is -0.327 e. The summed E-state index contributed by atoms with van der Waals surface area (Å²) in [4.78, 5) is 4.62. The van der Waals surface area contributed by atoms with Crippen molar-refractivity contribution in [3.8, 4) is 10.6 Å². The Morgan fingerprint density at radius 2 is 2.19 bits per heavy atom. The first kappa shape index (κ1) is 11.8. The first-order valence-electron chi connectivity index (χ1n) is 5.39. The summed E-state index contributed by atoms with van der Waals surface area (Å²) in [6.45, 7) is 4.30. The van der Waals surface area contributed by atoms with E-state index in [4.69, 9.17) is 5.73 Å². The lowest BCUT2D eigenvalue weighted by Gasteiger charge is -2.13. The highest BCUT2D eigenvalue weighted by Gasteiger charge is 2.11. The molecule has 2 aromatic heterocycles. The molecular formula is C12H16N2S2. The fourth-order valence-electron chi connectivity index (χ4n) is 1.40. The van der Waals surface area contributed by atoms with Crippen LogP contribution in [-0.4, -0.2) is 11.0 Å². The second-order valence-corrected chi connectivity index (χ2v) is 5.91. The lowest BCUT2D eigenvalue weighted by molar-refractivity contribution is 0.487. The molecule has 1 unspecified atom stereocenters. The van der Waals surface area contributed by atoms with Crippen molar-refractivity contribution in [2.24, 2.45) is 11.7 Å². The summed E-state index contributed by atoms with van der Waals surface area (Å²) in [5, 5.41) is 7.43. The van der Waals surface area contributed by atoms with E-state index in [1.807, 2.05) is 0 Å². The molecule has 0 aliphatic heterocycles. The van der Waals surface area contributed by atoms with Crippen LogP contribution in [0, 0.1) is 5.92 Å². The van der Waals surface area contributed by atoms with Gasteiger partial charge in [-0.15, -0.1) is 11.3 Å². The van der Waals surface area contributed by atoms with Gasteiger partial charge in [-0.1, -0.05) is 13.8 Å². The van der Waals surface area contributed by atoms with Crippen LogP contribution in [0.15, 0.2) is 22.2 Å². The third kappa shape index (κ3) is 2.70. The summed E-state index contributed by atoms with van der Waals surface area (Å²) in [6.07, 6.45) is 0.873. The van der Waals surface area contributed by atoms with Gasteiger partial charge in [-0.05, 0) is 17.4 Å². The summed E-state index contributed by atoms with van der Waals surface area (Å²) < 4.78 is 0. The molecule has 2 N–H and O–H groups in total. The number of hydrogen-bond donors (Lipinski definition) is 1. The Morgan fingerprint density at radius 1 is 1.38 bits per heavy atom. The zero-order valence-corrected chi connectivity index (χ0v) is 11.1. The number of thiophene rings is 1. The monoisotopic (exact) mass is 252 g/mol. The van der Waals surface area contributed by atoms with Gasteiger partial charge in [-0.2, -0.15) is 11.3 Å². The minimum atomic E-state index is 0.206. The average Bonchev–Trinajstić information content (AvgIpc) is 2.85. The summed E-state index contributed by atoms with van der Waals surface area (Å²) in [5.41, 5.74) is 8.38. The first-order chi connectivity index (χ1) is 7.66. The number of hydrogen-bond acceptors (Lipinski definition) is 4. The Bertz CT molecular complexity index is 432. The van der Waals surface area contributed by atoms with Crippen LogP contribution in [0.25, 0.3) is 10.6 Å². The number of nitrogens with two attached hydrogens (primary N) is 1. The van der Waals surface area contributed by atoms with Crippen LogP contribution in [0.4, 0.5) is 0 Å². The highest BCUT2D eigenvalue weighted by molar-refractivity contribution is 7.14. The van der Waals surface area contributed by atoms with E-state index in [1.165, 1.54) is 5.56 Å². The fourth-order valence-corrected chi connectivity index (χ4v) is 2.94. The van der Waals surface area contributed by atoms with Crippen molar-refractivity contribution >= 4 is 22.7 Å². The van der Waals surface area contributed by atoms with Gasteiger partial charge in [-0.25, -0.2) is 4.98 Å². The summed E-state index contributed by atoms with van der Waals surface area (Å²) >= 11 is 3.41. The van der Waals surface area contributed by atoms with Crippen molar-refractivity contribution < 1.29 is 0 Å². The maximum absolute atomic E-state index is 6.04. The number of aromatic nitrogens is 1. The molecule has 0 saturated carbocycles. The van der Waals surface area contributed by atoms with Gasteiger partial charge in [0, 0.05) is 28.8 Å². The van der Waals surface area contributed by atoms with E-state index >= 15 is 0 Å². The molecular weight excluding hydrogens is 236 g/mol. The molecule has 2 heterocycles. The smallest absolute Gasteiger partial charge is 0.124 e. The van der Waals surface area contributed by atoms with E-state index in [1.54, 1.807) is 22.7 Å². The maximum atomic E-state index is 6.04. The van der Waals surface area contributed by atoms with Crippen molar-refractivity contribution in [3.05, 3.63) is 27.9 Å². The third-order valence-corrected chi connectivity index (χ3v) is 4.24. The van der Waals surface area contributed by atoms with E-state index < -0.39 is 0 Å². The Kier molecular flexibility index (Phi) is 3.74. The van der Waals surface area contributed by atoms with Crippen molar-refractivity contribution in [1.82, 2.24) is 4.98 Å². The topological polar surface area (TPSA) is 38.9 Å². The predicted molar refractivity (Wildman–Crippen MR) is 71.9 cm³/mol. The summed E-state index contributed by atoms with van der Waals surface area (Å²) in [7, 11) is 0. The molecule has 0 saturated heterocycles. The predicted octanol–water partition coefficient (Wildman–Crippen LogP) is 3.40. The third-order valence-electron chi connectivity index (χ3n) is 2.62. The van der Waals surface area contributed by atoms with Crippen LogP contribution >= 0.6 is 22.7 Å². The minimum absolute atomic E-state index is 0.206. The highest BCUT2D eigenvalue weighted by atomic mass is 32.1. The quantitative estimate of drug-likeness (QED) is 0.905. The second-order valence-electron chi connectivity index (χ2n) is 4.27. The number of nitrogens with zero attached hydrogens (tertiary/aromatic N) is 1. The van der Waals surface area contributed by atoms with Gasteiger partial charge in [0.15, 0.2) is 0 Å². The molecule has 2 nitrogen and oxygen atoms in total. The largest absolute Gasteiger partial charge is 0.327 e. The van der Waals surface area contributed by atoms with Gasteiger partial charge in [-0.3, -0.25) is 0 Å². The lowest BCUT2D eigenvalue weighted by atomic mass is 10.0. The molecule has 86 valence electrons. The average molecular weight is 252 g/mol. The van der Waals surface area contributed by atoms with Crippen LogP contribution in [0.5, 0.6) is 0 Å². The van der Waals surface area contributed by atoms with Crippen molar-refractivity contribution in [3.63, 3.8) is 0 Å². The van der Waals surface area contributed by atoms with Crippen LogP contribution in [0.3, 0.4) is 0 Å². The van der Waals surface area contributed by atoms with Crippen molar-refractivity contribution in [1.29, 1.82) is 0 Å². The van der Waals surface area contributed by atoms with Gasteiger partial charge in [0.2, 0.25) is 0 Å². The molecule has 0 aliphatic rings. The van der Waals surface area contributed by atoms with Crippen LogP contribution in [0.1, 0.15) is 19.5 Å². The van der Waals surface area contributed by atoms with Gasteiger partial charge in [0.25, 0.3) is 0 Å². The molecule has 0 aromatic carbocycles. The second kappa shape index (κ2) is 5.08. The Balaban J connectivity index is 2.08. The zero-order chi connectivity index (χ0) is 11.5. The maximum Gasteiger partial charge on any atom is 0.124 e. The molecule has 2 rings (SSSR count). The Hall–Kier alpha value is -0.710. The molecule has 0 aliphatic carbocycles. The van der Waals surface area contributed by atoms with Gasteiger partial charge in [0.1, 0.15) is 5.01 Å². The Labute approximate surface area is 104 Å². The molecule has 16 heavy (non-hydrogen) atoms. The van der Waals surface area contributed by atoms with E-state index in [-0.39, 0.29) is 6.04 Å². The summed E-state index contributed by atoms with van der Waals surface area (Å²) in [5.74, 6) is 0.506. The molecule has 0 spiro atoms. The fraction of sp³-hybridized carbons (Fsp3) is 0.417. The molecule has 0 bridgehead atoms. The molecule has 2 aromatic rings. The normalized spacial score (nSPS) is 13.2. The lowest BCUT2D eigenvalue weighted by Crippen LogP contribution is -2.28. The van der Waals surface area contributed by atoms with E-state index in [0.29, 0.717) is 5.92 Å². The molecule has 0 amide bonds. The van der Waals surface area contributed by atoms with Crippen molar-refractivity contribution in [2.75, 3.05) is 0 Å². The SMILES string of the molecule is CC(C)C(N)Cc1csc(-c2ccsc2)n1. The molecule has 0 radical (unpaired) electrons. The van der Waals surface area contributed by atoms with Crippen LogP contribution < -0.4 is 5.73 Å². The van der Waals surface area contributed by atoms with Gasteiger partial charge in [0.05, 0.1) is 5.69 Å². The Morgan fingerprint density at radius 3 is 2.81 bits per heavy atom. The van der Waals surface area contributed by atoms with Crippen molar-refractivity contribution in [2.45, 2.75) is 26.3 Å². The standard InChI is InChI=1S/C12H16N2S2/c1-8(2)11(13)5-10-7-16-12(14-10)9-3-4-15-6-9/h3-4,6-8,11H,5,13H2,1-2H3.